The summed E-state index contributed by atoms with van der Waals surface area (Å²) in [6, 6.07) is 17.1. The standard InChI is InChI=1S/C41H56F3N5O5/c1-28(2)21-34(47-37(52)32(22-29-11-5-3-6-12-29)25-35(50)33(46)23-30-13-7-4-8-14-30)36(51)24-31(15-9-10-18-45)38(53)48-19-16-40(17-20-48)26-49(27-40)39(54)41(42,43)44/h3-8,11-14,28,31-34H,9-10,15-27,45-46H2,1-2H3,(H,47,52)/t31-,32-,33+,34+/m0/s1. The minimum absolute atomic E-state index is 0.0121. The van der Waals surface area contributed by atoms with Crippen molar-refractivity contribution in [2.45, 2.75) is 96.3 Å². The third-order valence-corrected chi connectivity index (χ3v) is 10.8. The Hall–Kier alpha value is -4.10. The normalized spacial score (nSPS) is 17.7. The van der Waals surface area contributed by atoms with Crippen molar-refractivity contribution in [1.82, 2.24) is 15.1 Å². The maximum Gasteiger partial charge on any atom is 0.471 e. The largest absolute Gasteiger partial charge is 0.471 e. The number of likely N-dealkylation sites (tertiary alicyclic amines) is 2. The lowest BCUT2D eigenvalue weighted by atomic mass is 9.71. The molecule has 0 aromatic heterocycles. The van der Waals surface area contributed by atoms with Crippen LogP contribution in [0, 0.1) is 23.2 Å². The van der Waals surface area contributed by atoms with Crippen molar-refractivity contribution < 1.29 is 37.1 Å². The van der Waals surface area contributed by atoms with Crippen molar-refractivity contribution in [3.8, 4) is 0 Å². The summed E-state index contributed by atoms with van der Waals surface area (Å²) in [6.45, 7) is 4.98. The predicted octanol–water partition coefficient (Wildman–Crippen LogP) is 4.62. The fraction of sp³-hybridized carbons (Fsp3) is 0.585. The molecule has 2 fully saturated rings. The van der Waals surface area contributed by atoms with Gasteiger partial charge < -0.3 is 26.6 Å². The van der Waals surface area contributed by atoms with Crippen LogP contribution in [0.5, 0.6) is 0 Å². The highest BCUT2D eigenvalue weighted by Gasteiger charge is 2.53. The number of alkyl halides is 3. The van der Waals surface area contributed by atoms with Crippen molar-refractivity contribution in [2.24, 2.45) is 34.6 Å². The SMILES string of the molecule is CC(C)C[C@@H](NC(=O)[C@H](CC(=O)[C@H](N)Cc1ccccc1)Cc1ccccc1)C(=O)C[C@H](CCCCN)C(=O)N1CCC2(CC1)CN(C(=O)C(F)(F)F)C2. The van der Waals surface area contributed by atoms with Crippen LogP contribution in [-0.2, 0) is 36.8 Å². The molecule has 0 aliphatic carbocycles. The molecule has 5 N–H and O–H groups in total. The number of ketones is 2. The molecule has 54 heavy (non-hydrogen) atoms. The van der Waals surface area contributed by atoms with Gasteiger partial charge in [-0.15, -0.1) is 0 Å². The molecule has 1 spiro atoms. The zero-order valence-corrected chi connectivity index (χ0v) is 31.5. The van der Waals surface area contributed by atoms with E-state index in [0.29, 0.717) is 64.6 Å². The molecule has 13 heteroatoms. The molecule has 4 rings (SSSR count). The fourth-order valence-corrected chi connectivity index (χ4v) is 7.66. The van der Waals surface area contributed by atoms with Gasteiger partial charge in [-0.1, -0.05) is 80.9 Å². The maximum absolute atomic E-state index is 14.1. The zero-order chi connectivity index (χ0) is 39.5. The molecule has 2 aromatic carbocycles. The molecule has 0 saturated carbocycles. The first kappa shape index (κ1) is 42.6. The quantitative estimate of drug-likeness (QED) is 0.177. The lowest BCUT2D eigenvalue weighted by molar-refractivity contribution is -0.198. The van der Waals surface area contributed by atoms with Crippen LogP contribution in [-0.4, -0.2) is 90.1 Å². The topological polar surface area (TPSA) is 156 Å². The molecule has 4 atom stereocenters. The van der Waals surface area contributed by atoms with Gasteiger partial charge in [-0.25, -0.2) is 0 Å². The van der Waals surface area contributed by atoms with Gasteiger partial charge in [0.15, 0.2) is 11.6 Å². The number of amides is 3. The number of unbranched alkanes of at least 4 members (excludes halogenated alkanes) is 1. The summed E-state index contributed by atoms with van der Waals surface area (Å²) in [6.07, 6.45) is -1.52. The van der Waals surface area contributed by atoms with Gasteiger partial charge >= 0.3 is 12.1 Å². The molecule has 2 aliphatic heterocycles. The molecular formula is C41H56F3N5O5. The van der Waals surface area contributed by atoms with Crippen LogP contribution >= 0.6 is 0 Å². The average molecular weight is 756 g/mol. The van der Waals surface area contributed by atoms with E-state index in [-0.39, 0.29) is 55.7 Å². The summed E-state index contributed by atoms with van der Waals surface area (Å²) in [4.78, 5) is 69.6. The minimum atomic E-state index is -4.91. The molecule has 2 heterocycles. The van der Waals surface area contributed by atoms with E-state index in [1.165, 1.54) is 0 Å². The van der Waals surface area contributed by atoms with Gasteiger partial charge in [-0.2, -0.15) is 13.2 Å². The minimum Gasteiger partial charge on any atom is -0.346 e. The van der Waals surface area contributed by atoms with Gasteiger partial charge in [-0.05, 0) is 68.5 Å². The molecule has 3 amide bonds. The predicted molar refractivity (Wildman–Crippen MR) is 200 cm³/mol. The second-order valence-corrected chi connectivity index (χ2v) is 15.7. The molecule has 10 nitrogen and oxygen atoms in total. The van der Waals surface area contributed by atoms with Crippen molar-refractivity contribution in [1.29, 1.82) is 0 Å². The first-order valence-corrected chi connectivity index (χ1v) is 19.1. The Balaban J connectivity index is 1.43. The fourth-order valence-electron chi connectivity index (χ4n) is 7.66. The Labute approximate surface area is 316 Å². The molecular weight excluding hydrogens is 699 g/mol. The van der Waals surface area contributed by atoms with Crippen LogP contribution in [0.1, 0.15) is 76.3 Å². The number of rotatable bonds is 19. The van der Waals surface area contributed by atoms with E-state index in [0.717, 1.165) is 16.0 Å². The number of hydrogen-bond donors (Lipinski definition) is 3. The summed E-state index contributed by atoms with van der Waals surface area (Å²) in [5, 5.41) is 2.96. The van der Waals surface area contributed by atoms with Crippen LogP contribution in [0.25, 0.3) is 0 Å². The average Bonchev–Trinajstić information content (AvgIpc) is 3.12. The zero-order valence-electron chi connectivity index (χ0n) is 31.5. The highest BCUT2D eigenvalue weighted by Crippen LogP contribution is 2.42. The molecule has 2 aliphatic rings. The summed E-state index contributed by atoms with van der Waals surface area (Å²) in [5.74, 6) is -4.40. The Morgan fingerprint density at radius 3 is 1.89 bits per heavy atom. The Morgan fingerprint density at radius 1 is 0.796 bits per heavy atom. The van der Waals surface area contributed by atoms with Crippen LogP contribution in [0.2, 0.25) is 0 Å². The number of hydrogen-bond acceptors (Lipinski definition) is 7. The molecule has 0 radical (unpaired) electrons. The highest BCUT2D eigenvalue weighted by atomic mass is 19.4. The second-order valence-electron chi connectivity index (χ2n) is 15.7. The number of nitrogens with two attached hydrogens (primary N) is 2. The van der Waals surface area contributed by atoms with Crippen molar-refractivity contribution in [3.05, 3.63) is 71.8 Å². The smallest absolute Gasteiger partial charge is 0.346 e. The number of nitrogens with one attached hydrogen (secondary N) is 1. The lowest BCUT2D eigenvalue weighted by Gasteiger charge is -2.54. The summed E-state index contributed by atoms with van der Waals surface area (Å²) in [7, 11) is 0. The molecule has 0 unspecified atom stereocenters. The summed E-state index contributed by atoms with van der Waals surface area (Å²) >= 11 is 0. The highest BCUT2D eigenvalue weighted by molar-refractivity contribution is 5.95. The maximum atomic E-state index is 14.1. The van der Waals surface area contributed by atoms with E-state index in [1.807, 2.05) is 74.5 Å². The first-order chi connectivity index (χ1) is 25.6. The van der Waals surface area contributed by atoms with E-state index in [4.69, 9.17) is 11.5 Å². The Bertz CT molecular complexity index is 1560. The van der Waals surface area contributed by atoms with Gasteiger partial charge in [0.25, 0.3) is 0 Å². The number of Topliss-reactive ketones (excluding diaryl/α,β-unsaturated/α-hetero) is 2. The van der Waals surface area contributed by atoms with Crippen LogP contribution < -0.4 is 16.8 Å². The van der Waals surface area contributed by atoms with E-state index >= 15 is 0 Å². The van der Waals surface area contributed by atoms with Gasteiger partial charge in [-0.3, -0.25) is 24.0 Å². The molecule has 0 bridgehead atoms. The van der Waals surface area contributed by atoms with E-state index < -0.39 is 47.3 Å². The van der Waals surface area contributed by atoms with Gasteiger partial charge in [0, 0.05) is 56.3 Å². The molecule has 2 saturated heterocycles. The third-order valence-electron chi connectivity index (χ3n) is 10.8. The molecule has 296 valence electrons. The molecule has 2 aromatic rings. The Morgan fingerprint density at radius 2 is 1.35 bits per heavy atom. The number of carbonyl (C=O) groups excluding carboxylic acids is 5. The Kier molecular flexibility index (Phi) is 15.4. The first-order valence-electron chi connectivity index (χ1n) is 19.1. The van der Waals surface area contributed by atoms with Gasteiger partial charge in [0.1, 0.15) is 0 Å². The lowest BCUT2D eigenvalue weighted by Crippen LogP contribution is -2.64. The number of nitrogens with zero attached hydrogens (tertiary/aromatic N) is 2. The number of piperidine rings is 1. The van der Waals surface area contributed by atoms with Crippen LogP contribution in [0.15, 0.2) is 60.7 Å². The van der Waals surface area contributed by atoms with Crippen molar-refractivity contribution in [2.75, 3.05) is 32.7 Å². The van der Waals surface area contributed by atoms with Crippen LogP contribution in [0.3, 0.4) is 0 Å². The third kappa shape index (κ3) is 12.2. The van der Waals surface area contributed by atoms with E-state index in [1.54, 1.807) is 4.90 Å². The summed E-state index contributed by atoms with van der Waals surface area (Å²) in [5.41, 5.74) is 13.4. The van der Waals surface area contributed by atoms with Crippen molar-refractivity contribution in [3.63, 3.8) is 0 Å². The summed E-state index contributed by atoms with van der Waals surface area (Å²) < 4.78 is 38.7. The second kappa shape index (κ2) is 19.5. The number of carbonyl (C=O) groups is 5. The number of benzene rings is 2. The van der Waals surface area contributed by atoms with Gasteiger partial charge in [0.2, 0.25) is 11.8 Å². The van der Waals surface area contributed by atoms with Gasteiger partial charge in [0.05, 0.1) is 12.1 Å². The van der Waals surface area contributed by atoms with Crippen molar-refractivity contribution >= 4 is 29.3 Å². The van der Waals surface area contributed by atoms with E-state index in [9.17, 15) is 37.1 Å². The monoisotopic (exact) mass is 755 g/mol. The van der Waals surface area contributed by atoms with Crippen LogP contribution in [0.4, 0.5) is 13.2 Å². The van der Waals surface area contributed by atoms with E-state index in [2.05, 4.69) is 5.32 Å². The number of halogens is 3.